The van der Waals surface area contributed by atoms with Crippen molar-refractivity contribution in [2.24, 2.45) is 0 Å². The molecule has 5 heteroatoms. The van der Waals surface area contributed by atoms with E-state index in [0.29, 0.717) is 6.61 Å². The molecule has 1 unspecified atom stereocenters. The Morgan fingerprint density at radius 2 is 2.16 bits per heavy atom. The number of ether oxygens (including phenoxy) is 2. The molecule has 2 fully saturated rings. The van der Waals surface area contributed by atoms with E-state index in [9.17, 15) is 4.39 Å². The minimum Gasteiger partial charge on any atom is -0.396 e. The van der Waals surface area contributed by atoms with Crippen LogP contribution in [0.4, 0.5) is 10.1 Å². The second-order valence-corrected chi connectivity index (χ2v) is 6.26. The Balaban J connectivity index is 1.54. The standard InChI is InChI=1S/C14H18FNO2S/c15-12-7-11(3-4-13(12)16)19-9-10-8-17-14(18-10)5-1-2-6-14/h3-4,7,10H,1-2,5-6,8-9,16H2. The number of nitrogens with two attached hydrogens (primary N) is 1. The highest BCUT2D eigenvalue weighted by Gasteiger charge is 2.43. The van der Waals surface area contributed by atoms with Crippen molar-refractivity contribution in [2.75, 3.05) is 18.1 Å². The van der Waals surface area contributed by atoms with Crippen molar-refractivity contribution in [3.05, 3.63) is 24.0 Å². The Morgan fingerprint density at radius 3 is 2.89 bits per heavy atom. The van der Waals surface area contributed by atoms with Crippen molar-refractivity contribution >= 4 is 17.4 Å². The fraction of sp³-hybridized carbons (Fsp3) is 0.571. The molecule has 3 rings (SSSR count). The Morgan fingerprint density at radius 1 is 1.37 bits per heavy atom. The van der Waals surface area contributed by atoms with Gasteiger partial charge in [0.1, 0.15) is 5.82 Å². The van der Waals surface area contributed by atoms with E-state index in [-0.39, 0.29) is 23.4 Å². The van der Waals surface area contributed by atoms with Gasteiger partial charge in [-0.2, -0.15) is 0 Å². The summed E-state index contributed by atoms with van der Waals surface area (Å²) in [5, 5.41) is 0. The first-order valence-electron chi connectivity index (χ1n) is 6.66. The second kappa shape index (κ2) is 5.31. The van der Waals surface area contributed by atoms with Crippen molar-refractivity contribution in [1.82, 2.24) is 0 Å². The lowest BCUT2D eigenvalue weighted by atomic mass is 10.2. The maximum absolute atomic E-state index is 13.3. The third-order valence-electron chi connectivity index (χ3n) is 3.69. The van der Waals surface area contributed by atoms with E-state index in [2.05, 4.69) is 0 Å². The van der Waals surface area contributed by atoms with Crippen LogP contribution in [0.25, 0.3) is 0 Å². The molecule has 1 atom stereocenters. The van der Waals surface area contributed by atoms with Gasteiger partial charge in [0.05, 0.1) is 18.4 Å². The zero-order valence-electron chi connectivity index (χ0n) is 10.7. The normalized spacial score (nSPS) is 25.2. The minimum absolute atomic E-state index is 0.101. The predicted molar refractivity (Wildman–Crippen MR) is 73.6 cm³/mol. The van der Waals surface area contributed by atoms with Gasteiger partial charge in [-0.05, 0) is 31.0 Å². The summed E-state index contributed by atoms with van der Waals surface area (Å²) in [6, 6.07) is 4.91. The van der Waals surface area contributed by atoms with E-state index in [1.807, 2.05) is 6.07 Å². The van der Waals surface area contributed by atoms with E-state index in [1.165, 1.54) is 18.9 Å². The Hall–Kier alpha value is -0.780. The first-order chi connectivity index (χ1) is 9.17. The van der Waals surface area contributed by atoms with Gasteiger partial charge in [0.2, 0.25) is 0 Å². The summed E-state index contributed by atoms with van der Waals surface area (Å²) in [7, 11) is 0. The number of halogens is 1. The summed E-state index contributed by atoms with van der Waals surface area (Å²) < 4.78 is 25.2. The number of thioether (sulfide) groups is 1. The van der Waals surface area contributed by atoms with E-state index < -0.39 is 0 Å². The first-order valence-corrected chi connectivity index (χ1v) is 7.65. The first kappa shape index (κ1) is 13.2. The topological polar surface area (TPSA) is 44.5 Å². The molecule has 1 saturated heterocycles. The molecular weight excluding hydrogens is 265 g/mol. The summed E-state index contributed by atoms with van der Waals surface area (Å²) in [5.74, 6) is 0.115. The highest BCUT2D eigenvalue weighted by Crippen LogP contribution is 2.40. The van der Waals surface area contributed by atoms with E-state index in [0.717, 1.165) is 23.5 Å². The zero-order valence-corrected chi connectivity index (χ0v) is 11.5. The number of hydrogen-bond donors (Lipinski definition) is 1. The second-order valence-electron chi connectivity index (χ2n) is 5.16. The molecule has 0 radical (unpaired) electrons. The SMILES string of the molecule is Nc1ccc(SCC2COC3(CCCC3)O2)cc1F. The van der Waals surface area contributed by atoms with Crippen LogP contribution in [-0.4, -0.2) is 24.3 Å². The van der Waals surface area contributed by atoms with Crippen molar-refractivity contribution in [3.8, 4) is 0 Å². The summed E-state index contributed by atoms with van der Waals surface area (Å²) in [6.45, 7) is 0.643. The Labute approximate surface area is 116 Å². The van der Waals surface area contributed by atoms with Crippen LogP contribution < -0.4 is 5.73 Å². The van der Waals surface area contributed by atoms with Crippen molar-refractivity contribution in [2.45, 2.75) is 42.5 Å². The molecule has 1 aromatic carbocycles. The molecule has 0 amide bonds. The fourth-order valence-electron chi connectivity index (χ4n) is 2.66. The molecule has 1 aliphatic carbocycles. The highest BCUT2D eigenvalue weighted by molar-refractivity contribution is 7.99. The molecule has 19 heavy (non-hydrogen) atoms. The number of nitrogen functional groups attached to an aromatic ring is 1. The van der Waals surface area contributed by atoms with E-state index in [1.54, 1.807) is 17.8 Å². The molecule has 1 spiro atoms. The Kier molecular flexibility index (Phi) is 3.69. The van der Waals surface area contributed by atoms with Gasteiger partial charge in [-0.25, -0.2) is 4.39 Å². The number of rotatable bonds is 3. The summed E-state index contributed by atoms with van der Waals surface area (Å²) in [6.07, 6.45) is 4.48. The average molecular weight is 283 g/mol. The van der Waals surface area contributed by atoms with Crippen LogP contribution in [0, 0.1) is 5.82 Å². The quantitative estimate of drug-likeness (QED) is 0.683. The summed E-state index contributed by atoms with van der Waals surface area (Å²) >= 11 is 1.58. The van der Waals surface area contributed by atoms with Gasteiger partial charge >= 0.3 is 0 Å². The molecule has 2 aliphatic rings. The lowest BCUT2D eigenvalue weighted by molar-refractivity contribution is -0.159. The minimum atomic E-state index is -0.360. The van der Waals surface area contributed by atoms with E-state index >= 15 is 0 Å². The average Bonchev–Trinajstić information content (AvgIpc) is 3.02. The number of benzene rings is 1. The van der Waals surface area contributed by atoms with Crippen LogP contribution in [0.15, 0.2) is 23.1 Å². The summed E-state index contributed by atoms with van der Waals surface area (Å²) in [5.41, 5.74) is 5.65. The third kappa shape index (κ3) is 2.88. The lowest BCUT2D eigenvalue weighted by Gasteiger charge is -2.21. The molecule has 1 heterocycles. The van der Waals surface area contributed by atoms with Crippen LogP contribution in [0.2, 0.25) is 0 Å². The maximum atomic E-state index is 13.3. The van der Waals surface area contributed by atoms with E-state index in [4.69, 9.17) is 15.2 Å². The van der Waals surface area contributed by atoms with Crippen LogP contribution in [0.1, 0.15) is 25.7 Å². The smallest absolute Gasteiger partial charge is 0.168 e. The monoisotopic (exact) mass is 283 g/mol. The van der Waals surface area contributed by atoms with Crippen LogP contribution in [-0.2, 0) is 9.47 Å². The van der Waals surface area contributed by atoms with Gasteiger partial charge in [0, 0.05) is 23.5 Å². The van der Waals surface area contributed by atoms with Gasteiger partial charge in [0.25, 0.3) is 0 Å². The van der Waals surface area contributed by atoms with Crippen LogP contribution >= 0.6 is 11.8 Å². The molecule has 104 valence electrons. The van der Waals surface area contributed by atoms with Crippen LogP contribution in [0.3, 0.4) is 0 Å². The molecule has 1 aromatic rings. The van der Waals surface area contributed by atoms with Crippen molar-refractivity contribution in [3.63, 3.8) is 0 Å². The fourth-order valence-corrected chi connectivity index (χ4v) is 3.56. The zero-order chi connectivity index (χ0) is 13.3. The van der Waals surface area contributed by atoms with Gasteiger partial charge < -0.3 is 15.2 Å². The van der Waals surface area contributed by atoms with Gasteiger partial charge in [0.15, 0.2) is 5.79 Å². The van der Waals surface area contributed by atoms with Gasteiger partial charge in [-0.3, -0.25) is 0 Å². The molecule has 0 bridgehead atoms. The number of anilines is 1. The molecule has 1 aliphatic heterocycles. The van der Waals surface area contributed by atoms with Crippen molar-refractivity contribution in [1.29, 1.82) is 0 Å². The summed E-state index contributed by atoms with van der Waals surface area (Å²) in [4.78, 5) is 0.877. The predicted octanol–water partition coefficient (Wildman–Crippen LogP) is 3.19. The molecular formula is C14H18FNO2S. The molecule has 3 nitrogen and oxygen atoms in total. The molecule has 0 aromatic heterocycles. The molecule has 2 N–H and O–H groups in total. The van der Waals surface area contributed by atoms with Crippen LogP contribution in [0.5, 0.6) is 0 Å². The van der Waals surface area contributed by atoms with Crippen molar-refractivity contribution < 1.29 is 13.9 Å². The third-order valence-corrected chi connectivity index (χ3v) is 4.81. The number of hydrogen-bond acceptors (Lipinski definition) is 4. The van der Waals surface area contributed by atoms with Gasteiger partial charge in [-0.15, -0.1) is 11.8 Å². The Bertz CT molecular complexity index is 463. The largest absolute Gasteiger partial charge is 0.396 e. The highest BCUT2D eigenvalue weighted by atomic mass is 32.2. The van der Waals surface area contributed by atoms with Gasteiger partial charge in [-0.1, -0.05) is 0 Å². The lowest BCUT2D eigenvalue weighted by Crippen LogP contribution is -2.27. The maximum Gasteiger partial charge on any atom is 0.168 e. The molecule has 1 saturated carbocycles.